The van der Waals surface area contributed by atoms with Crippen LogP contribution in [0.15, 0.2) is 18.2 Å². The van der Waals surface area contributed by atoms with Crippen LogP contribution < -0.4 is 10.2 Å². The third-order valence-corrected chi connectivity index (χ3v) is 2.17. The number of hydrogen-bond donors (Lipinski definition) is 3. The monoisotopic (exact) mass is 264 g/mol. The van der Waals surface area contributed by atoms with Gasteiger partial charge in [-0.25, -0.2) is 0 Å². The molecule has 4 nitrogen and oxygen atoms in total. The SMILES string of the molecule is OCCCOc1ccc(B(O)O)cc1C(F)(F)F. The van der Waals surface area contributed by atoms with Crippen LogP contribution in [0.25, 0.3) is 0 Å². The zero-order valence-corrected chi connectivity index (χ0v) is 9.31. The first kappa shape index (κ1) is 14.8. The first-order valence-electron chi connectivity index (χ1n) is 5.17. The van der Waals surface area contributed by atoms with Gasteiger partial charge in [0, 0.05) is 13.0 Å². The predicted molar refractivity (Wildman–Crippen MR) is 58.5 cm³/mol. The normalized spacial score (nSPS) is 11.4. The molecule has 0 saturated carbocycles. The summed E-state index contributed by atoms with van der Waals surface area (Å²) in [6, 6.07) is 2.78. The highest BCUT2D eigenvalue weighted by Crippen LogP contribution is 2.35. The number of alkyl halides is 3. The van der Waals surface area contributed by atoms with Crippen LogP contribution in [-0.4, -0.2) is 35.5 Å². The van der Waals surface area contributed by atoms with Crippen molar-refractivity contribution in [3.8, 4) is 5.75 Å². The van der Waals surface area contributed by atoms with Crippen LogP contribution in [0, 0.1) is 0 Å². The number of rotatable bonds is 5. The lowest BCUT2D eigenvalue weighted by molar-refractivity contribution is -0.138. The zero-order chi connectivity index (χ0) is 13.8. The summed E-state index contributed by atoms with van der Waals surface area (Å²) in [6.45, 7) is -0.241. The average Bonchev–Trinajstić information content (AvgIpc) is 2.28. The predicted octanol–water partition coefficient (Wildman–Crippen LogP) is 0.146. The van der Waals surface area contributed by atoms with Gasteiger partial charge in [-0.15, -0.1) is 0 Å². The van der Waals surface area contributed by atoms with E-state index in [-0.39, 0.29) is 25.1 Å². The molecular weight excluding hydrogens is 252 g/mol. The third kappa shape index (κ3) is 3.90. The van der Waals surface area contributed by atoms with Gasteiger partial charge in [0.05, 0.1) is 12.2 Å². The lowest BCUT2D eigenvalue weighted by Gasteiger charge is -2.15. The molecule has 0 radical (unpaired) electrons. The maximum atomic E-state index is 12.7. The Balaban J connectivity index is 3.02. The van der Waals surface area contributed by atoms with E-state index in [1.807, 2.05) is 0 Å². The van der Waals surface area contributed by atoms with Gasteiger partial charge in [0.15, 0.2) is 0 Å². The van der Waals surface area contributed by atoms with Crippen LogP contribution in [0.1, 0.15) is 12.0 Å². The smallest absolute Gasteiger partial charge is 0.488 e. The van der Waals surface area contributed by atoms with Crippen molar-refractivity contribution in [1.82, 2.24) is 0 Å². The molecule has 0 aliphatic carbocycles. The van der Waals surface area contributed by atoms with E-state index in [0.29, 0.717) is 6.07 Å². The molecule has 0 bridgehead atoms. The van der Waals surface area contributed by atoms with Gasteiger partial charge in [-0.05, 0) is 17.6 Å². The van der Waals surface area contributed by atoms with Gasteiger partial charge in [-0.3, -0.25) is 0 Å². The molecule has 8 heteroatoms. The number of aliphatic hydroxyl groups is 1. The first-order valence-corrected chi connectivity index (χ1v) is 5.17. The molecule has 0 atom stereocenters. The standard InChI is InChI=1S/C10H12BF3O4/c12-10(13,14)8-6-7(11(16)17)2-3-9(8)18-5-1-4-15/h2-3,6,15-17H,1,4-5H2. The van der Waals surface area contributed by atoms with Crippen LogP contribution >= 0.6 is 0 Å². The highest BCUT2D eigenvalue weighted by atomic mass is 19.4. The van der Waals surface area contributed by atoms with Gasteiger partial charge in [-0.1, -0.05) is 6.07 Å². The lowest BCUT2D eigenvalue weighted by Crippen LogP contribution is -2.31. The number of benzene rings is 1. The molecule has 0 amide bonds. The Morgan fingerprint density at radius 1 is 1.22 bits per heavy atom. The summed E-state index contributed by atoms with van der Waals surface area (Å²) in [4.78, 5) is 0. The molecule has 0 spiro atoms. The summed E-state index contributed by atoms with van der Waals surface area (Å²) in [5, 5.41) is 26.2. The van der Waals surface area contributed by atoms with Gasteiger partial charge in [0.1, 0.15) is 5.75 Å². The molecule has 0 aliphatic rings. The Labute approximate surface area is 102 Å². The second-order valence-electron chi connectivity index (χ2n) is 3.55. The molecular formula is C10H12BF3O4. The molecule has 1 aromatic rings. The summed E-state index contributed by atoms with van der Waals surface area (Å²) >= 11 is 0. The van der Waals surface area contributed by atoms with Gasteiger partial charge in [-0.2, -0.15) is 13.2 Å². The Morgan fingerprint density at radius 2 is 1.89 bits per heavy atom. The molecule has 0 heterocycles. The second-order valence-corrected chi connectivity index (χ2v) is 3.55. The molecule has 100 valence electrons. The van der Waals surface area contributed by atoms with Crippen LogP contribution in [0.2, 0.25) is 0 Å². The number of halogens is 3. The summed E-state index contributed by atoms with van der Waals surface area (Å²) in [6.07, 6.45) is -4.44. The minimum atomic E-state index is -4.65. The third-order valence-electron chi connectivity index (χ3n) is 2.17. The highest BCUT2D eigenvalue weighted by molar-refractivity contribution is 6.58. The quantitative estimate of drug-likeness (QED) is 0.523. The van der Waals surface area contributed by atoms with E-state index in [1.165, 1.54) is 0 Å². The van der Waals surface area contributed by atoms with Crippen molar-refractivity contribution < 1.29 is 33.1 Å². The van der Waals surface area contributed by atoms with Crippen molar-refractivity contribution in [1.29, 1.82) is 0 Å². The van der Waals surface area contributed by atoms with E-state index in [9.17, 15) is 13.2 Å². The number of ether oxygens (including phenoxy) is 1. The fraction of sp³-hybridized carbons (Fsp3) is 0.400. The summed E-state index contributed by atoms with van der Waals surface area (Å²) in [5.74, 6) is -0.402. The molecule has 0 saturated heterocycles. The van der Waals surface area contributed by atoms with Gasteiger partial charge < -0.3 is 19.9 Å². The van der Waals surface area contributed by atoms with Crippen LogP contribution in [0.3, 0.4) is 0 Å². The Hall–Kier alpha value is -1.25. The van der Waals surface area contributed by atoms with Crippen molar-refractivity contribution in [2.24, 2.45) is 0 Å². The minimum Gasteiger partial charge on any atom is -0.493 e. The number of hydrogen-bond acceptors (Lipinski definition) is 4. The highest BCUT2D eigenvalue weighted by Gasteiger charge is 2.35. The second kappa shape index (κ2) is 6.08. The molecule has 18 heavy (non-hydrogen) atoms. The van der Waals surface area contributed by atoms with Crippen molar-refractivity contribution >= 4 is 12.6 Å². The lowest BCUT2D eigenvalue weighted by atomic mass is 9.79. The van der Waals surface area contributed by atoms with E-state index in [1.54, 1.807) is 0 Å². The van der Waals surface area contributed by atoms with E-state index >= 15 is 0 Å². The Bertz CT molecular complexity index is 395. The van der Waals surface area contributed by atoms with Crippen LogP contribution in [0.5, 0.6) is 5.75 Å². The van der Waals surface area contributed by atoms with Crippen LogP contribution in [0.4, 0.5) is 13.2 Å². The van der Waals surface area contributed by atoms with E-state index < -0.39 is 24.6 Å². The molecule has 0 aliphatic heterocycles. The fourth-order valence-corrected chi connectivity index (χ4v) is 1.30. The average molecular weight is 264 g/mol. The Morgan fingerprint density at radius 3 is 2.39 bits per heavy atom. The van der Waals surface area contributed by atoms with Crippen molar-refractivity contribution in [3.63, 3.8) is 0 Å². The minimum absolute atomic E-state index is 0.0550. The van der Waals surface area contributed by atoms with Gasteiger partial charge >= 0.3 is 13.3 Å². The van der Waals surface area contributed by atoms with E-state index in [4.69, 9.17) is 19.9 Å². The van der Waals surface area contributed by atoms with Crippen molar-refractivity contribution in [2.45, 2.75) is 12.6 Å². The number of aliphatic hydroxyl groups excluding tert-OH is 1. The summed E-state index contributed by atoms with van der Waals surface area (Å²) in [7, 11) is -1.97. The van der Waals surface area contributed by atoms with E-state index in [0.717, 1.165) is 12.1 Å². The molecule has 1 aromatic carbocycles. The fourth-order valence-electron chi connectivity index (χ4n) is 1.30. The Kier molecular flexibility index (Phi) is 5.00. The molecule has 0 fully saturated rings. The maximum absolute atomic E-state index is 12.7. The van der Waals surface area contributed by atoms with Crippen molar-refractivity contribution in [3.05, 3.63) is 23.8 Å². The zero-order valence-electron chi connectivity index (χ0n) is 9.31. The molecule has 3 N–H and O–H groups in total. The van der Waals surface area contributed by atoms with Crippen molar-refractivity contribution in [2.75, 3.05) is 13.2 Å². The molecule has 1 rings (SSSR count). The molecule has 0 unspecified atom stereocenters. The molecule has 0 aromatic heterocycles. The topological polar surface area (TPSA) is 69.9 Å². The first-order chi connectivity index (χ1) is 8.36. The summed E-state index contributed by atoms with van der Waals surface area (Å²) < 4.78 is 43.0. The van der Waals surface area contributed by atoms with Gasteiger partial charge in [0.2, 0.25) is 0 Å². The maximum Gasteiger partial charge on any atom is 0.488 e. The van der Waals surface area contributed by atoms with E-state index in [2.05, 4.69) is 0 Å². The van der Waals surface area contributed by atoms with Gasteiger partial charge in [0.25, 0.3) is 0 Å². The summed E-state index contributed by atoms with van der Waals surface area (Å²) in [5.41, 5.74) is -1.34. The van der Waals surface area contributed by atoms with Crippen LogP contribution in [-0.2, 0) is 6.18 Å². The largest absolute Gasteiger partial charge is 0.493 e.